The second-order valence-electron chi connectivity index (χ2n) is 2.44. The summed E-state index contributed by atoms with van der Waals surface area (Å²) in [6.45, 7) is 0.183. The first-order valence-electron chi connectivity index (χ1n) is 3.74. The van der Waals surface area contributed by atoms with Crippen LogP contribution in [-0.4, -0.2) is 5.96 Å². The number of hydrogen-bond donors (Lipinski definition) is 3. The van der Waals surface area contributed by atoms with Gasteiger partial charge in [-0.05, 0) is 6.07 Å². The predicted octanol–water partition coefficient (Wildman–Crippen LogP) is 0.104. The van der Waals surface area contributed by atoms with Crippen LogP contribution in [0, 0.1) is 5.82 Å². The molecule has 1 rings (SSSR count). The number of hydrazine groups is 1. The summed E-state index contributed by atoms with van der Waals surface area (Å²) in [5, 5.41) is 0. The molecule has 0 heterocycles. The minimum absolute atomic E-state index is 0.0863. The van der Waals surface area contributed by atoms with Crippen molar-refractivity contribution >= 4 is 5.96 Å². The average molecular weight is 182 g/mol. The van der Waals surface area contributed by atoms with Gasteiger partial charge in [0, 0.05) is 5.56 Å². The Labute approximate surface area is 75.4 Å². The van der Waals surface area contributed by atoms with Gasteiger partial charge in [0.2, 0.25) is 5.96 Å². The topological polar surface area (TPSA) is 76.4 Å². The van der Waals surface area contributed by atoms with Crippen LogP contribution in [0.2, 0.25) is 0 Å². The van der Waals surface area contributed by atoms with Crippen molar-refractivity contribution in [1.29, 1.82) is 0 Å². The fraction of sp³-hybridized carbons (Fsp3) is 0.125. The van der Waals surface area contributed by atoms with Crippen molar-refractivity contribution in [2.75, 3.05) is 0 Å². The molecule has 0 fully saturated rings. The molecule has 0 aliphatic rings. The van der Waals surface area contributed by atoms with Gasteiger partial charge in [-0.2, -0.15) is 0 Å². The molecule has 70 valence electrons. The molecular weight excluding hydrogens is 171 g/mol. The zero-order valence-corrected chi connectivity index (χ0v) is 7.00. The number of benzene rings is 1. The van der Waals surface area contributed by atoms with E-state index in [0.717, 1.165) is 0 Å². The van der Waals surface area contributed by atoms with Gasteiger partial charge in [-0.25, -0.2) is 15.2 Å². The third-order valence-electron chi connectivity index (χ3n) is 1.53. The van der Waals surface area contributed by atoms with E-state index in [2.05, 4.69) is 10.4 Å². The summed E-state index contributed by atoms with van der Waals surface area (Å²) >= 11 is 0. The number of hydrogen-bond acceptors (Lipinski definition) is 2. The van der Waals surface area contributed by atoms with Crippen LogP contribution >= 0.6 is 0 Å². The van der Waals surface area contributed by atoms with E-state index in [4.69, 9.17) is 11.6 Å². The Morgan fingerprint density at radius 1 is 1.46 bits per heavy atom. The molecule has 4 nitrogen and oxygen atoms in total. The van der Waals surface area contributed by atoms with E-state index >= 15 is 0 Å². The molecule has 0 unspecified atom stereocenters. The Bertz CT molecular complexity index is 311. The standard InChI is InChI=1S/C8H11FN4/c9-7-4-2-1-3-6(7)5-12-8(10)13-11/h1-4H,5,11H2,(H3,10,12,13). The van der Waals surface area contributed by atoms with Gasteiger partial charge < -0.3 is 5.73 Å². The molecule has 0 radical (unpaired) electrons. The Balaban J connectivity index is 2.70. The molecule has 0 aliphatic heterocycles. The number of aliphatic imine (C=N–C) groups is 1. The van der Waals surface area contributed by atoms with Crippen LogP contribution in [0.1, 0.15) is 5.56 Å². The third kappa shape index (κ3) is 2.72. The van der Waals surface area contributed by atoms with E-state index in [1.807, 2.05) is 0 Å². The van der Waals surface area contributed by atoms with E-state index in [-0.39, 0.29) is 18.3 Å². The Morgan fingerprint density at radius 2 is 2.15 bits per heavy atom. The van der Waals surface area contributed by atoms with Gasteiger partial charge in [0.25, 0.3) is 0 Å². The minimum atomic E-state index is -0.295. The zero-order valence-electron chi connectivity index (χ0n) is 7.00. The predicted molar refractivity (Wildman–Crippen MR) is 49.0 cm³/mol. The maximum Gasteiger partial charge on any atom is 0.203 e. The van der Waals surface area contributed by atoms with Crippen molar-refractivity contribution in [2.24, 2.45) is 16.6 Å². The molecule has 5 heteroatoms. The van der Waals surface area contributed by atoms with Crippen LogP contribution in [-0.2, 0) is 6.54 Å². The summed E-state index contributed by atoms with van der Waals surface area (Å²) < 4.78 is 13.0. The lowest BCUT2D eigenvalue weighted by molar-refractivity contribution is 0.610. The van der Waals surface area contributed by atoms with Gasteiger partial charge in [0.15, 0.2) is 0 Å². The lowest BCUT2D eigenvalue weighted by Crippen LogP contribution is -2.37. The van der Waals surface area contributed by atoms with Crippen LogP contribution in [0.5, 0.6) is 0 Å². The van der Waals surface area contributed by atoms with Crippen molar-refractivity contribution < 1.29 is 4.39 Å². The first-order chi connectivity index (χ1) is 6.24. The highest BCUT2D eigenvalue weighted by molar-refractivity contribution is 5.77. The molecule has 13 heavy (non-hydrogen) atoms. The molecule has 0 saturated carbocycles. The summed E-state index contributed by atoms with van der Waals surface area (Å²) in [5.74, 6) is 4.77. The lowest BCUT2D eigenvalue weighted by Gasteiger charge is -2.00. The van der Waals surface area contributed by atoms with E-state index in [9.17, 15) is 4.39 Å². The average Bonchev–Trinajstić information content (AvgIpc) is 2.16. The molecule has 0 bridgehead atoms. The van der Waals surface area contributed by atoms with Crippen molar-refractivity contribution in [1.82, 2.24) is 5.43 Å². The second kappa shape index (κ2) is 4.42. The van der Waals surface area contributed by atoms with E-state index in [1.54, 1.807) is 18.2 Å². The number of nitrogens with two attached hydrogens (primary N) is 2. The first kappa shape index (κ1) is 9.47. The van der Waals surface area contributed by atoms with E-state index < -0.39 is 0 Å². The molecule has 0 atom stereocenters. The van der Waals surface area contributed by atoms with Gasteiger partial charge in [-0.15, -0.1) is 0 Å². The Kier molecular flexibility index (Phi) is 3.22. The van der Waals surface area contributed by atoms with Crippen LogP contribution in [0.4, 0.5) is 4.39 Å². The summed E-state index contributed by atoms with van der Waals surface area (Å²) in [5.41, 5.74) is 7.91. The molecule has 1 aromatic rings. The summed E-state index contributed by atoms with van der Waals surface area (Å²) in [6, 6.07) is 6.37. The highest BCUT2D eigenvalue weighted by Gasteiger charge is 1.98. The zero-order chi connectivity index (χ0) is 9.68. The third-order valence-corrected chi connectivity index (χ3v) is 1.53. The van der Waals surface area contributed by atoms with Crippen LogP contribution < -0.4 is 17.0 Å². The molecule has 1 aromatic carbocycles. The quantitative estimate of drug-likeness (QED) is 0.263. The van der Waals surface area contributed by atoms with Crippen molar-refractivity contribution in [3.8, 4) is 0 Å². The van der Waals surface area contributed by atoms with Crippen LogP contribution in [0.15, 0.2) is 29.3 Å². The molecule has 0 saturated heterocycles. The highest BCUT2D eigenvalue weighted by Crippen LogP contribution is 2.06. The lowest BCUT2D eigenvalue weighted by atomic mass is 10.2. The van der Waals surface area contributed by atoms with Crippen molar-refractivity contribution in [2.45, 2.75) is 6.54 Å². The van der Waals surface area contributed by atoms with Gasteiger partial charge in [0.1, 0.15) is 5.82 Å². The number of nitrogens with zero attached hydrogens (tertiary/aromatic N) is 1. The summed E-state index contributed by atoms with van der Waals surface area (Å²) in [4.78, 5) is 3.79. The van der Waals surface area contributed by atoms with Crippen molar-refractivity contribution in [3.05, 3.63) is 35.6 Å². The van der Waals surface area contributed by atoms with Gasteiger partial charge in [-0.1, -0.05) is 18.2 Å². The first-order valence-corrected chi connectivity index (χ1v) is 3.74. The molecule has 0 aromatic heterocycles. The SMILES string of the molecule is NNC(N)=NCc1ccccc1F. The van der Waals surface area contributed by atoms with Gasteiger partial charge in [0.05, 0.1) is 6.54 Å². The number of nitrogens with one attached hydrogen (secondary N) is 1. The summed E-state index contributed by atoms with van der Waals surface area (Å²) in [7, 11) is 0. The second-order valence-corrected chi connectivity index (χ2v) is 2.44. The van der Waals surface area contributed by atoms with Gasteiger partial charge >= 0.3 is 0 Å². The number of halogens is 1. The smallest absolute Gasteiger partial charge is 0.203 e. The molecular formula is C8H11FN4. The largest absolute Gasteiger partial charge is 0.369 e. The van der Waals surface area contributed by atoms with Crippen LogP contribution in [0.3, 0.4) is 0 Å². The Hall–Kier alpha value is -1.62. The highest BCUT2D eigenvalue weighted by atomic mass is 19.1. The van der Waals surface area contributed by atoms with Gasteiger partial charge in [-0.3, -0.25) is 5.43 Å². The fourth-order valence-corrected chi connectivity index (χ4v) is 0.843. The Morgan fingerprint density at radius 3 is 2.77 bits per heavy atom. The molecule has 0 aliphatic carbocycles. The molecule has 0 spiro atoms. The molecule has 0 amide bonds. The summed E-state index contributed by atoms with van der Waals surface area (Å²) in [6.07, 6.45) is 0. The number of rotatable bonds is 2. The maximum absolute atomic E-state index is 13.0. The normalized spacial score (nSPS) is 11.4. The van der Waals surface area contributed by atoms with Crippen LogP contribution in [0.25, 0.3) is 0 Å². The van der Waals surface area contributed by atoms with E-state index in [1.165, 1.54) is 6.07 Å². The number of guanidine groups is 1. The monoisotopic (exact) mass is 182 g/mol. The van der Waals surface area contributed by atoms with Crippen molar-refractivity contribution in [3.63, 3.8) is 0 Å². The minimum Gasteiger partial charge on any atom is -0.369 e. The van der Waals surface area contributed by atoms with E-state index in [0.29, 0.717) is 5.56 Å². The maximum atomic E-state index is 13.0. The molecule has 5 N–H and O–H groups in total. The fourth-order valence-electron chi connectivity index (χ4n) is 0.843.